The van der Waals surface area contributed by atoms with E-state index in [-0.39, 0.29) is 25.7 Å². The number of rotatable bonds is 36. The van der Waals surface area contributed by atoms with Gasteiger partial charge in [0.15, 0.2) is 24.4 Å². The van der Waals surface area contributed by atoms with Crippen molar-refractivity contribution in [1.29, 1.82) is 0 Å². The van der Waals surface area contributed by atoms with Crippen molar-refractivity contribution in [3.05, 3.63) is 0 Å². The highest BCUT2D eigenvalue weighted by atomic mass is 16.6. The van der Waals surface area contributed by atoms with Crippen molar-refractivity contribution in [1.82, 2.24) is 0 Å². The number of hydrogen-bond acceptors (Lipinski definition) is 10. The van der Waals surface area contributed by atoms with Crippen LogP contribution in [0, 0.1) is 0 Å². The van der Waals surface area contributed by atoms with E-state index in [9.17, 15) is 29.4 Å². The molecule has 0 aromatic rings. The summed E-state index contributed by atoms with van der Waals surface area (Å²) in [7, 11) is 0. The molecule has 2 N–H and O–H groups in total. The van der Waals surface area contributed by atoms with Crippen LogP contribution in [0.1, 0.15) is 233 Å². The topological polar surface area (TPSA) is 146 Å². The van der Waals surface area contributed by atoms with E-state index >= 15 is 0 Å². The van der Waals surface area contributed by atoms with Crippen molar-refractivity contribution in [2.24, 2.45) is 0 Å². The van der Waals surface area contributed by atoms with Crippen LogP contribution < -0.4 is 0 Å². The second-order valence-corrected chi connectivity index (χ2v) is 16.3. The van der Waals surface area contributed by atoms with Crippen LogP contribution in [0.3, 0.4) is 0 Å². The Morgan fingerprint density at radius 1 is 0.304 bits per heavy atom. The Morgan fingerprint density at radius 2 is 0.482 bits per heavy atom. The molecule has 0 saturated heterocycles. The maximum atomic E-state index is 13.4. The van der Waals surface area contributed by atoms with Crippen LogP contribution in [0.15, 0.2) is 0 Å². The molecule has 10 heteroatoms. The van der Waals surface area contributed by atoms with E-state index < -0.39 is 60.5 Å². The van der Waals surface area contributed by atoms with Crippen molar-refractivity contribution in [2.45, 2.75) is 270 Å². The number of carbonyl (C=O) groups excluding carboxylic acids is 4. The standard InChI is InChI=1S/C46H84O10/c1-5-9-13-17-21-25-29-33-37(47)53-43-41(51)42(52)44(54-38(48)34-30-26-22-18-14-10-6-2)46(56-40(50)36-32-28-24-20-16-12-8-4)45(43)55-39(49)35-31-27-23-19-15-11-7-3/h41-46,51-52H,5-36H2,1-4H3/t41-,42+,43-,44-,45+,46+/m1/s1. The minimum atomic E-state index is -1.75. The first-order valence-corrected chi connectivity index (χ1v) is 23.3. The second kappa shape index (κ2) is 34.8. The number of carbonyl (C=O) groups is 4. The molecule has 0 aromatic carbocycles. The van der Waals surface area contributed by atoms with E-state index in [0.29, 0.717) is 25.7 Å². The van der Waals surface area contributed by atoms with E-state index in [1.54, 1.807) is 0 Å². The summed E-state index contributed by atoms with van der Waals surface area (Å²) >= 11 is 0. The second-order valence-electron chi connectivity index (χ2n) is 16.3. The maximum Gasteiger partial charge on any atom is 0.306 e. The summed E-state index contributed by atoms with van der Waals surface area (Å²) in [4.78, 5) is 53.1. The van der Waals surface area contributed by atoms with Crippen LogP contribution in [0.5, 0.6) is 0 Å². The van der Waals surface area contributed by atoms with Crippen LogP contribution in [-0.2, 0) is 38.1 Å². The molecule has 328 valence electrons. The molecule has 0 aliphatic heterocycles. The fourth-order valence-corrected chi connectivity index (χ4v) is 7.44. The van der Waals surface area contributed by atoms with Crippen molar-refractivity contribution in [2.75, 3.05) is 0 Å². The maximum absolute atomic E-state index is 13.4. The number of hydrogen-bond donors (Lipinski definition) is 2. The molecule has 1 fully saturated rings. The summed E-state index contributed by atoms with van der Waals surface area (Å²) in [5, 5.41) is 22.9. The quantitative estimate of drug-likeness (QED) is 0.0357. The SMILES string of the molecule is CCCCCCCCCC(=O)O[C@@H]1[C@@H](OC(=O)CCCCCCCCC)[C@H](OC(=O)CCCCCCCCC)[C@@H](O)[C@@H](O)[C@H]1OC(=O)CCCCCCCCC. The highest BCUT2D eigenvalue weighted by molar-refractivity contribution is 5.72. The minimum absolute atomic E-state index is 0.0863. The molecule has 10 nitrogen and oxygen atoms in total. The van der Waals surface area contributed by atoms with Crippen LogP contribution in [0.2, 0.25) is 0 Å². The van der Waals surface area contributed by atoms with Crippen LogP contribution in [0.25, 0.3) is 0 Å². The van der Waals surface area contributed by atoms with Gasteiger partial charge in [-0.05, 0) is 25.7 Å². The lowest BCUT2D eigenvalue weighted by Crippen LogP contribution is -2.67. The largest absolute Gasteiger partial charge is 0.455 e. The van der Waals surface area contributed by atoms with Gasteiger partial charge in [0.05, 0.1) is 0 Å². The average molecular weight is 797 g/mol. The van der Waals surface area contributed by atoms with Crippen molar-refractivity contribution in [3.8, 4) is 0 Å². The third-order valence-electron chi connectivity index (χ3n) is 11.0. The van der Waals surface area contributed by atoms with Gasteiger partial charge in [-0.25, -0.2) is 0 Å². The fourth-order valence-electron chi connectivity index (χ4n) is 7.44. The summed E-state index contributed by atoms with van der Waals surface area (Å²) in [6.45, 7) is 8.66. The van der Waals surface area contributed by atoms with E-state index in [1.807, 2.05) is 0 Å². The highest BCUT2D eigenvalue weighted by Gasteiger charge is 2.57. The number of unbranched alkanes of at least 4 members (excludes halogenated alkanes) is 24. The fraction of sp³-hybridized carbons (Fsp3) is 0.913. The Morgan fingerprint density at radius 3 is 0.696 bits per heavy atom. The molecule has 0 amide bonds. The van der Waals surface area contributed by atoms with Crippen LogP contribution in [0.4, 0.5) is 0 Å². The molecule has 56 heavy (non-hydrogen) atoms. The Hall–Kier alpha value is -2.20. The Balaban J connectivity index is 3.18. The van der Waals surface area contributed by atoms with Crippen molar-refractivity contribution in [3.63, 3.8) is 0 Å². The first-order chi connectivity index (χ1) is 27.2. The molecule has 0 unspecified atom stereocenters. The van der Waals surface area contributed by atoms with Gasteiger partial charge in [0.1, 0.15) is 12.2 Å². The number of ether oxygens (including phenoxy) is 4. The zero-order chi connectivity index (χ0) is 41.2. The molecule has 1 aliphatic rings. The van der Waals surface area contributed by atoms with Crippen LogP contribution in [-0.4, -0.2) is 70.7 Å². The summed E-state index contributed by atoms with van der Waals surface area (Å²) in [5.74, 6) is -2.40. The summed E-state index contributed by atoms with van der Waals surface area (Å²) in [6.07, 6.45) is 18.9. The lowest BCUT2D eigenvalue weighted by molar-refractivity contribution is -0.253. The molecular formula is C46H84O10. The van der Waals surface area contributed by atoms with E-state index in [0.717, 1.165) is 128 Å². The van der Waals surface area contributed by atoms with Gasteiger partial charge in [-0.2, -0.15) is 0 Å². The molecule has 6 atom stereocenters. The van der Waals surface area contributed by atoms with Gasteiger partial charge in [0, 0.05) is 25.7 Å². The number of aliphatic hydroxyl groups is 2. The molecule has 1 saturated carbocycles. The molecule has 0 spiro atoms. The smallest absolute Gasteiger partial charge is 0.306 e. The number of esters is 4. The zero-order valence-corrected chi connectivity index (χ0v) is 36.3. The van der Waals surface area contributed by atoms with E-state index in [4.69, 9.17) is 18.9 Å². The molecule has 1 aliphatic carbocycles. The van der Waals surface area contributed by atoms with Crippen LogP contribution >= 0.6 is 0 Å². The predicted octanol–water partition coefficient (Wildman–Crippen LogP) is 10.9. The van der Waals surface area contributed by atoms with Gasteiger partial charge in [-0.15, -0.1) is 0 Å². The highest BCUT2D eigenvalue weighted by Crippen LogP contribution is 2.32. The third kappa shape index (κ3) is 24.5. The van der Waals surface area contributed by atoms with Crippen molar-refractivity contribution >= 4 is 23.9 Å². The first-order valence-electron chi connectivity index (χ1n) is 23.3. The monoisotopic (exact) mass is 797 g/mol. The lowest BCUT2D eigenvalue weighted by atomic mass is 9.84. The normalized spacial score (nSPS) is 20.8. The summed E-state index contributed by atoms with van der Waals surface area (Å²) in [6, 6.07) is 0. The summed E-state index contributed by atoms with van der Waals surface area (Å²) in [5.41, 5.74) is 0. The van der Waals surface area contributed by atoms with Gasteiger partial charge < -0.3 is 29.2 Å². The van der Waals surface area contributed by atoms with E-state index in [1.165, 1.54) is 25.7 Å². The van der Waals surface area contributed by atoms with Gasteiger partial charge >= 0.3 is 23.9 Å². The third-order valence-corrected chi connectivity index (χ3v) is 11.0. The summed E-state index contributed by atoms with van der Waals surface area (Å²) < 4.78 is 23.5. The average Bonchev–Trinajstić information content (AvgIpc) is 3.18. The van der Waals surface area contributed by atoms with Gasteiger partial charge in [-0.3, -0.25) is 19.2 Å². The molecule has 0 heterocycles. The van der Waals surface area contributed by atoms with E-state index in [2.05, 4.69) is 27.7 Å². The Bertz CT molecular complexity index is 924. The molecule has 0 bridgehead atoms. The first kappa shape index (κ1) is 51.8. The van der Waals surface area contributed by atoms with Gasteiger partial charge in [0.2, 0.25) is 0 Å². The Labute approximate surface area is 341 Å². The minimum Gasteiger partial charge on any atom is -0.455 e. The number of aliphatic hydroxyl groups excluding tert-OH is 2. The molecular weight excluding hydrogens is 712 g/mol. The van der Waals surface area contributed by atoms with Gasteiger partial charge in [-0.1, -0.05) is 182 Å². The zero-order valence-electron chi connectivity index (χ0n) is 36.3. The Kier molecular flexibility index (Phi) is 32.2. The van der Waals surface area contributed by atoms with Crippen molar-refractivity contribution < 1.29 is 48.3 Å². The molecule has 0 radical (unpaired) electrons. The lowest BCUT2D eigenvalue weighted by Gasteiger charge is -2.45. The van der Waals surface area contributed by atoms with Gasteiger partial charge in [0.25, 0.3) is 0 Å². The predicted molar refractivity (Wildman–Crippen MR) is 222 cm³/mol. The molecule has 0 aromatic heterocycles. The molecule has 1 rings (SSSR count).